The Labute approximate surface area is 135 Å². The van der Waals surface area contributed by atoms with E-state index in [4.69, 9.17) is 4.42 Å². The molecule has 1 atom stereocenters. The number of H-pyrrole nitrogens is 1. The molecule has 0 amide bonds. The number of allylic oxidation sites excluding steroid dienone is 1. The van der Waals surface area contributed by atoms with E-state index in [1.54, 1.807) is 0 Å². The number of ketones is 1. The molecular weight excluding hydrogens is 317 g/mol. The molecule has 0 saturated heterocycles. The van der Waals surface area contributed by atoms with E-state index in [0.29, 0.717) is 5.56 Å². The molecule has 0 radical (unpaired) electrons. The van der Waals surface area contributed by atoms with Crippen molar-refractivity contribution in [3.8, 4) is 0 Å². The molecule has 7 nitrogen and oxygen atoms in total. The number of aromatic nitrogens is 3. The van der Waals surface area contributed by atoms with Gasteiger partial charge in [-0.3, -0.25) is 9.89 Å². The third-order valence-corrected chi connectivity index (χ3v) is 3.25. The van der Waals surface area contributed by atoms with Crippen LogP contribution in [0, 0.1) is 5.82 Å². The molecule has 2 heterocycles. The summed E-state index contributed by atoms with van der Waals surface area (Å²) in [5.74, 6) is -1.33. The van der Waals surface area contributed by atoms with Crippen molar-refractivity contribution in [2.24, 2.45) is 0 Å². The molecule has 8 heteroatoms. The van der Waals surface area contributed by atoms with Crippen LogP contribution in [0.5, 0.6) is 0 Å². The van der Waals surface area contributed by atoms with Crippen molar-refractivity contribution in [1.29, 1.82) is 0 Å². The molecule has 122 valence electrons. The summed E-state index contributed by atoms with van der Waals surface area (Å²) in [6, 6.07) is 8.06. The molecule has 24 heavy (non-hydrogen) atoms. The summed E-state index contributed by atoms with van der Waals surface area (Å²) in [5, 5.41) is 25.9. The first-order chi connectivity index (χ1) is 11.5. The second-order valence-electron chi connectivity index (χ2n) is 4.88. The van der Waals surface area contributed by atoms with Gasteiger partial charge in [0.2, 0.25) is 5.78 Å². The number of rotatable bonds is 5. The maximum Gasteiger partial charge on any atom is 0.224 e. The minimum Gasteiger partial charge on any atom is -0.504 e. The molecule has 1 aromatic carbocycles. The topological polar surface area (TPSA) is 112 Å². The monoisotopic (exact) mass is 329 g/mol. The minimum atomic E-state index is -1.14. The summed E-state index contributed by atoms with van der Waals surface area (Å²) in [5.41, 5.74) is 0.421. The van der Waals surface area contributed by atoms with Crippen LogP contribution in [0.4, 0.5) is 4.39 Å². The number of aromatic amines is 1. The van der Waals surface area contributed by atoms with Crippen molar-refractivity contribution in [1.82, 2.24) is 15.2 Å². The largest absolute Gasteiger partial charge is 0.504 e. The predicted molar refractivity (Wildman–Crippen MR) is 80.5 cm³/mol. The number of nitrogens with zero attached hydrogens (tertiary/aromatic N) is 2. The molecule has 3 rings (SSSR count). The highest BCUT2D eigenvalue weighted by Gasteiger charge is 2.18. The van der Waals surface area contributed by atoms with Crippen LogP contribution in [0.1, 0.15) is 33.8 Å². The van der Waals surface area contributed by atoms with E-state index in [1.165, 1.54) is 42.7 Å². The number of hydrogen-bond acceptors (Lipinski definition) is 6. The number of furan rings is 1. The Morgan fingerprint density at radius 1 is 1.25 bits per heavy atom. The van der Waals surface area contributed by atoms with Crippen LogP contribution < -0.4 is 0 Å². The van der Waals surface area contributed by atoms with Gasteiger partial charge in [0.15, 0.2) is 17.3 Å². The lowest BCUT2D eigenvalue weighted by molar-refractivity contribution is 0.101. The Bertz CT molecular complexity index is 869. The molecule has 0 spiro atoms. The number of hydrogen-bond donors (Lipinski definition) is 3. The second kappa shape index (κ2) is 6.47. The van der Waals surface area contributed by atoms with Crippen LogP contribution in [0.15, 0.2) is 53.2 Å². The van der Waals surface area contributed by atoms with Gasteiger partial charge in [-0.25, -0.2) is 9.37 Å². The van der Waals surface area contributed by atoms with Crippen molar-refractivity contribution in [3.05, 3.63) is 77.5 Å². The molecule has 1 unspecified atom stereocenters. The van der Waals surface area contributed by atoms with Crippen molar-refractivity contribution in [3.63, 3.8) is 0 Å². The standard InChI is InChI=1S/C16H12FN3O4/c17-10-3-1-9(2-4-10)15(23)14-6-5-13(24-14)11(21)7-12(22)16-18-8-19-20-16/h1-8,15,22-23H,(H,18,19,20). The quantitative estimate of drug-likeness (QED) is 0.376. The first-order valence-electron chi connectivity index (χ1n) is 6.88. The average Bonchev–Trinajstić information content (AvgIpc) is 3.26. The van der Waals surface area contributed by atoms with E-state index in [1.807, 2.05) is 0 Å². The van der Waals surface area contributed by atoms with Gasteiger partial charge in [-0.05, 0) is 29.8 Å². The average molecular weight is 329 g/mol. The third-order valence-electron chi connectivity index (χ3n) is 3.25. The van der Waals surface area contributed by atoms with Crippen molar-refractivity contribution < 1.29 is 23.8 Å². The van der Waals surface area contributed by atoms with Gasteiger partial charge in [-0.2, -0.15) is 5.10 Å². The van der Waals surface area contributed by atoms with Crippen molar-refractivity contribution >= 4 is 11.5 Å². The molecule has 0 fully saturated rings. The summed E-state index contributed by atoms with van der Waals surface area (Å²) in [6.45, 7) is 0. The maximum atomic E-state index is 12.9. The number of carbonyl (C=O) groups is 1. The zero-order valence-corrected chi connectivity index (χ0v) is 12.2. The van der Waals surface area contributed by atoms with Crippen molar-refractivity contribution in [2.45, 2.75) is 6.10 Å². The third kappa shape index (κ3) is 3.23. The Morgan fingerprint density at radius 3 is 2.67 bits per heavy atom. The number of aliphatic hydroxyl groups is 2. The first-order valence-corrected chi connectivity index (χ1v) is 6.88. The van der Waals surface area contributed by atoms with Crippen LogP contribution >= 0.6 is 0 Å². The van der Waals surface area contributed by atoms with E-state index >= 15 is 0 Å². The van der Waals surface area contributed by atoms with E-state index in [-0.39, 0.29) is 17.3 Å². The van der Waals surface area contributed by atoms with Crippen LogP contribution in [-0.2, 0) is 0 Å². The van der Waals surface area contributed by atoms with Gasteiger partial charge in [-0.1, -0.05) is 12.1 Å². The lowest BCUT2D eigenvalue weighted by Gasteiger charge is -2.07. The van der Waals surface area contributed by atoms with Crippen LogP contribution in [-0.4, -0.2) is 31.2 Å². The molecule has 3 N–H and O–H groups in total. The predicted octanol–water partition coefficient (Wildman–Crippen LogP) is 2.40. The first kappa shape index (κ1) is 15.6. The van der Waals surface area contributed by atoms with Gasteiger partial charge in [0, 0.05) is 6.08 Å². The summed E-state index contributed by atoms with van der Waals surface area (Å²) in [4.78, 5) is 15.7. The van der Waals surface area contributed by atoms with Gasteiger partial charge < -0.3 is 14.6 Å². The summed E-state index contributed by atoms with van der Waals surface area (Å²) in [6.07, 6.45) is 0.973. The molecule has 0 aliphatic heterocycles. The molecule has 0 saturated carbocycles. The normalized spacial score (nSPS) is 13.0. The zero-order valence-electron chi connectivity index (χ0n) is 12.2. The minimum absolute atomic E-state index is 0.0430. The lowest BCUT2D eigenvalue weighted by atomic mass is 10.1. The highest BCUT2D eigenvalue weighted by molar-refractivity contribution is 6.05. The SMILES string of the molecule is O=C(C=C(O)c1ncn[nH]1)c1ccc(C(O)c2ccc(F)cc2)o1. The highest BCUT2D eigenvalue weighted by atomic mass is 19.1. The van der Waals surface area contributed by atoms with E-state index in [9.17, 15) is 19.4 Å². The second-order valence-corrected chi connectivity index (χ2v) is 4.88. The zero-order chi connectivity index (χ0) is 17.1. The lowest BCUT2D eigenvalue weighted by Crippen LogP contribution is -1.99. The highest BCUT2D eigenvalue weighted by Crippen LogP contribution is 2.24. The van der Waals surface area contributed by atoms with E-state index in [0.717, 1.165) is 6.08 Å². The molecule has 0 bridgehead atoms. The van der Waals surface area contributed by atoms with Gasteiger partial charge in [0.25, 0.3) is 0 Å². The molecule has 2 aromatic heterocycles. The van der Waals surface area contributed by atoms with Crippen molar-refractivity contribution in [2.75, 3.05) is 0 Å². The summed E-state index contributed by atoms with van der Waals surface area (Å²) >= 11 is 0. The number of nitrogens with one attached hydrogen (secondary N) is 1. The molecule has 0 aliphatic rings. The van der Waals surface area contributed by atoms with Gasteiger partial charge in [0.1, 0.15) is 24.0 Å². The maximum absolute atomic E-state index is 12.9. The van der Waals surface area contributed by atoms with Crippen LogP contribution in [0.25, 0.3) is 5.76 Å². The number of carbonyl (C=O) groups excluding carboxylic acids is 1. The fraction of sp³-hybridized carbons (Fsp3) is 0.0625. The Hall–Kier alpha value is -3.26. The van der Waals surface area contributed by atoms with Crippen LogP contribution in [0.2, 0.25) is 0 Å². The Balaban J connectivity index is 1.78. The van der Waals surface area contributed by atoms with Gasteiger partial charge in [-0.15, -0.1) is 0 Å². The van der Waals surface area contributed by atoms with Crippen LogP contribution in [0.3, 0.4) is 0 Å². The van der Waals surface area contributed by atoms with Gasteiger partial charge >= 0.3 is 0 Å². The Kier molecular flexibility index (Phi) is 4.21. The van der Waals surface area contributed by atoms with E-state index < -0.39 is 23.5 Å². The summed E-state index contributed by atoms with van der Waals surface area (Å²) in [7, 11) is 0. The van der Waals surface area contributed by atoms with E-state index in [2.05, 4.69) is 15.2 Å². The molecule has 3 aromatic rings. The fourth-order valence-corrected chi connectivity index (χ4v) is 2.03. The fourth-order valence-electron chi connectivity index (χ4n) is 2.03. The van der Waals surface area contributed by atoms with Gasteiger partial charge in [0.05, 0.1) is 0 Å². The Morgan fingerprint density at radius 2 is 2.00 bits per heavy atom. The molecule has 0 aliphatic carbocycles. The molecular formula is C16H12FN3O4. The number of halogens is 1. The number of aliphatic hydroxyl groups excluding tert-OH is 2. The smallest absolute Gasteiger partial charge is 0.224 e. The number of benzene rings is 1. The summed E-state index contributed by atoms with van der Waals surface area (Å²) < 4.78 is 18.2.